The summed E-state index contributed by atoms with van der Waals surface area (Å²) < 4.78 is 0. The maximum Gasteiger partial charge on any atom is 0.255 e. The van der Waals surface area contributed by atoms with Crippen molar-refractivity contribution in [1.82, 2.24) is 0 Å². The fourth-order valence-electron chi connectivity index (χ4n) is 2.11. The number of benzene rings is 2. The molecule has 2 aromatic rings. The zero-order valence-electron chi connectivity index (χ0n) is 13.2. The van der Waals surface area contributed by atoms with Crippen molar-refractivity contribution in [2.45, 2.75) is 31.8 Å². The first-order chi connectivity index (χ1) is 10.5. The molecule has 1 amide bonds. The molecule has 4 heteroatoms. The minimum Gasteiger partial charge on any atom is -0.399 e. The van der Waals surface area contributed by atoms with Crippen LogP contribution < -0.4 is 11.1 Å². The highest BCUT2D eigenvalue weighted by Gasteiger charge is 2.10. The van der Waals surface area contributed by atoms with E-state index in [9.17, 15) is 4.79 Å². The summed E-state index contributed by atoms with van der Waals surface area (Å²) in [5, 5.41) is 3.57. The van der Waals surface area contributed by atoms with Gasteiger partial charge in [0, 0.05) is 22.7 Å². The van der Waals surface area contributed by atoms with Gasteiger partial charge in [-0.1, -0.05) is 32.0 Å². The van der Waals surface area contributed by atoms with Gasteiger partial charge in [0.15, 0.2) is 0 Å². The van der Waals surface area contributed by atoms with Crippen LogP contribution in [0, 0.1) is 6.92 Å². The van der Waals surface area contributed by atoms with E-state index in [0.717, 1.165) is 17.0 Å². The van der Waals surface area contributed by atoms with Gasteiger partial charge in [-0.2, -0.15) is 11.8 Å². The first kappa shape index (κ1) is 16.4. The number of amides is 1. The third kappa shape index (κ3) is 4.28. The van der Waals surface area contributed by atoms with Crippen molar-refractivity contribution in [3.8, 4) is 0 Å². The molecule has 0 heterocycles. The van der Waals surface area contributed by atoms with Gasteiger partial charge in [-0.15, -0.1) is 0 Å². The molecule has 0 bridgehead atoms. The molecule has 0 radical (unpaired) electrons. The summed E-state index contributed by atoms with van der Waals surface area (Å²) in [6.45, 7) is 6.42. The summed E-state index contributed by atoms with van der Waals surface area (Å²) in [6.07, 6.45) is 0. The summed E-state index contributed by atoms with van der Waals surface area (Å²) in [5.41, 5.74) is 10.1. The van der Waals surface area contributed by atoms with E-state index in [1.54, 1.807) is 24.3 Å². The first-order valence-electron chi connectivity index (χ1n) is 7.34. The van der Waals surface area contributed by atoms with Gasteiger partial charge in [-0.25, -0.2) is 0 Å². The van der Waals surface area contributed by atoms with Gasteiger partial charge in [0.1, 0.15) is 0 Å². The van der Waals surface area contributed by atoms with Crippen LogP contribution in [0.3, 0.4) is 0 Å². The van der Waals surface area contributed by atoms with Crippen LogP contribution >= 0.6 is 11.8 Å². The normalized spacial score (nSPS) is 10.7. The smallest absolute Gasteiger partial charge is 0.255 e. The van der Waals surface area contributed by atoms with Gasteiger partial charge in [0.25, 0.3) is 5.91 Å². The quantitative estimate of drug-likeness (QED) is 0.801. The number of rotatable bonds is 5. The Morgan fingerprint density at radius 1 is 1.23 bits per heavy atom. The Balaban J connectivity index is 2.16. The molecular formula is C18H22N2OS. The van der Waals surface area contributed by atoms with Gasteiger partial charge >= 0.3 is 0 Å². The number of nitrogens with two attached hydrogens (primary N) is 1. The Morgan fingerprint density at radius 3 is 2.64 bits per heavy atom. The maximum absolute atomic E-state index is 12.3. The first-order valence-corrected chi connectivity index (χ1v) is 8.39. The van der Waals surface area contributed by atoms with Crippen molar-refractivity contribution in [3.63, 3.8) is 0 Å². The number of nitrogen functional groups attached to an aromatic ring is 1. The zero-order chi connectivity index (χ0) is 16.1. The average Bonchev–Trinajstić information content (AvgIpc) is 2.48. The van der Waals surface area contributed by atoms with Crippen molar-refractivity contribution in [2.24, 2.45) is 0 Å². The van der Waals surface area contributed by atoms with E-state index in [0.29, 0.717) is 16.5 Å². The van der Waals surface area contributed by atoms with Crippen molar-refractivity contribution >= 4 is 29.0 Å². The number of thioether (sulfide) groups is 1. The molecule has 0 atom stereocenters. The fourth-order valence-corrected chi connectivity index (χ4v) is 2.93. The molecule has 0 spiro atoms. The fraction of sp³-hybridized carbons (Fsp3) is 0.278. The Bertz CT molecular complexity index is 668. The summed E-state index contributed by atoms with van der Waals surface area (Å²) in [4.78, 5) is 12.3. The lowest BCUT2D eigenvalue weighted by molar-refractivity contribution is 0.102. The number of anilines is 2. The third-order valence-corrected chi connectivity index (χ3v) is 4.56. The topological polar surface area (TPSA) is 55.1 Å². The minimum atomic E-state index is -0.135. The van der Waals surface area contributed by atoms with Crippen LogP contribution in [-0.4, -0.2) is 11.2 Å². The van der Waals surface area contributed by atoms with Gasteiger partial charge in [0.05, 0.1) is 0 Å². The largest absolute Gasteiger partial charge is 0.399 e. The minimum absolute atomic E-state index is 0.135. The molecular weight excluding hydrogens is 292 g/mol. The second-order valence-electron chi connectivity index (χ2n) is 5.53. The highest BCUT2D eigenvalue weighted by Crippen LogP contribution is 2.25. The number of hydrogen-bond acceptors (Lipinski definition) is 3. The summed E-state index contributed by atoms with van der Waals surface area (Å²) in [5.74, 6) is 0.815. The standard InChI is InChI=1S/C18H22N2OS/c1-12(2)22-11-15-7-5-9-17(13(15)3)20-18(21)14-6-4-8-16(19)10-14/h4-10,12H,11,19H2,1-3H3,(H,20,21). The highest BCUT2D eigenvalue weighted by atomic mass is 32.2. The van der Waals surface area contributed by atoms with Crippen LogP contribution in [0.2, 0.25) is 0 Å². The molecule has 3 nitrogen and oxygen atoms in total. The molecule has 0 saturated heterocycles. The van der Waals surface area contributed by atoms with Crippen molar-refractivity contribution in [1.29, 1.82) is 0 Å². The monoisotopic (exact) mass is 314 g/mol. The van der Waals surface area contributed by atoms with E-state index in [2.05, 4.69) is 25.2 Å². The van der Waals surface area contributed by atoms with Crippen molar-refractivity contribution in [2.75, 3.05) is 11.1 Å². The van der Waals surface area contributed by atoms with Gasteiger partial charge in [-0.05, 0) is 47.6 Å². The molecule has 0 aliphatic carbocycles. The second kappa shape index (κ2) is 7.36. The van der Waals surface area contributed by atoms with Crippen LogP contribution in [0.4, 0.5) is 11.4 Å². The third-order valence-electron chi connectivity index (χ3n) is 3.42. The number of hydrogen-bond donors (Lipinski definition) is 2. The molecule has 0 aliphatic heterocycles. The van der Waals surface area contributed by atoms with Crippen molar-refractivity contribution in [3.05, 3.63) is 59.2 Å². The van der Waals surface area contributed by atoms with Gasteiger partial charge < -0.3 is 11.1 Å². The Morgan fingerprint density at radius 2 is 1.95 bits per heavy atom. The van der Waals surface area contributed by atoms with E-state index in [1.165, 1.54) is 5.56 Å². The van der Waals surface area contributed by atoms with E-state index < -0.39 is 0 Å². The van der Waals surface area contributed by atoms with Gasteiger partial charge in [0.2, 0.25) is 0 Å². The Labute approximate surface area is 136 Å². The van der Waals surface area contributed by atoms with E-state index >= 15 is 0 Å². The molecule has 3 N–H and O–H groups in total. The lowest BCUT2D eigenvalue weighted by atomic mass is 10.1. The molecule has 0 fully saturated rings. The molecule has 116 valence electrons. The van der Waals surface area contributed by atoms with Crippen LogP contribution in [-0.2, 0) is 5.75 Å². The second-order valence-corrected chi connectivity index (χ2v) is 7.09. The van der Waals surface area contributed by atoms with E-state index in [-0.39, 0.29) is 5.91 Å². The van der Waals surface area contributed by atoms with Gasteiger partial charge in [-0.3, -0.25) is 4.79 Å². The summed E-state index contributed by atoms with van der Waals surface area (Å²) in [7, 11) is 0. The molecule has 22 heavy (non-hydrogen) atoms. The number of carbonyl (C=O) groups is 1. The highest BCUT2D eigenvalue weighted by molar-refractivity contribution is 7.99. The Hall–Kier alpha value is -1.94. The molecule has 0 unspecified atom stereocenters. The van der Waals surface area contributed by atoms with Crippen LogP contribution in [0.15, 0.2) is 42.5 Å². The molecule has 2 rings (SSSR count). The number of carbonyl (C=O) groups excluding carboxylic acids is 1. The Kier molecular flexibility index (Phi) is 5.50. The van der Waals surface area contributed by atoms with Crippen LogP contribution in [0.1, 0.15) is 35.3 Å². The SMILES string of the molecule is Cc1c(CSC(C)C)cccc1NC(=O)c1cccc(N)c1. The van der Waals surface area contributed by atoms with Crippen LogP contribution in [0.25, 0.3) is 0 Å². The summed E-state index contributed by atoms with van der Waals surface area (Å²) in [6, 6.07) is 13.0. The van der Waals surface area contributed by atoms with Crippen LogP contribution in [0.5, 0.6) is 0 Å². The average molecular weight is 314 g/mol. The maximum atomic E-state index is 12.3. The molecule has 2 aromatic carbocycles. The van der Waals surface area contributed by atoms with Crippen molar-refractivity contribution < 1.29 is 4.79 Å². The van der Waals surface area contributed by atoms with E-state index in [4.69, 9.17) is 5.73 Å². The lowest BCUT2D eigenvalue weighted by Gasteiger charge is -2.13. The molecule has 0 aliphatic rings. The number of nitrogens with one attached hydrogen (secondary N) is 1. The molecule has 0 aromatic heterocycles. The predicted molar refractivity (Wildman–Crippen MR) is 96.4 cm³/mol. The predicted octanol–water partition coefficient (Wildman–Crippen LogP) is 4.47. The zero-order valence-corrected chi connectivity index (χ0v) is 14.0. The lowest BCUT2D eigenvalue weighted by Crippen LogP contribution is -2.13. The summed E-state index contributed by atoms with van der Waals surface area (Å²) >= 11 is 1.90. The van der Waals surface area contributed by atoms with E-state index in [1.807, 2.05) is 30.8 Å². The molecule has 0 saturated carbocycles.